The van der Waals surface area contributed by atoms with Crippen molar-refractivity contribution in [2.24, 2.45) is 0 Å². The van der Waals surface area contributed by atoms with Gasteiger partial charge in [0.15, 0.2) is 0 Å². The fourth-order valence-electron chi connectivity index (χ4n) is 1.36. The highest BCUT2D eigenvalue weighted by atomic mass is 79.9. The summed E-state index contributed by atoms with van der Waals surface area (Å²) in [5.74, 6) is -0.190. The van der Waals surface area contributed by atoms with Crippen LogP contribution in [-0.4, -0.2) is 17.0 Å². The smallest absolute Gasteiger partial charge is 0.268 e. The molecule has 0 saturated heterocycles. The summed E-state index contributed by atoms with van der Waals surface area (Å²) in [5.41, 5.74) is 0.282. The number of amides is 1. The van der Waals surface area contributed by atoms with Gasteiger partial charge in [0.2, 0.25) is 0 Å². The Kier molecular flexibility index (Phi) is 1.95. The summed E-state index contributed by atoms with van der Waals surface area (Å²) in [5, 5.41) is 2.67. The standard InChI is InChI=1S/C8H7BrN2O2/c9-5-3-6-8(13)10-1-2-11(6)7(12)4-5/h3-4H,1-2H2,(H,10,13). The molecule has 1 N–H and O–H groups in total. The van der Waals surface area contributed by atoms with Gasteiger partial charge in [0, 0.05) is 23.6 Å². The van der Waals surface area contributed by atoms with Gasteiger partial charge in [-0.25, -0.2) is 0 Å². The van der Waals surface area contributed by atoms with Gasteiger partial charge in [0.05, 0.1) is 0 Å². The van der Waals surface area contributed by atoms with E-state index >= 15 is 0 Å². The number of nitrogens with zero attached hydrogens (tertiary/aromatic N) is 1. The fourth-order valence-corrected chi connectivity index (χ4v) is 1.77. The molecule has 1 aromatic heterocycles. The van der Waals surface area contributed by atoms with E-state index in [9.17, 15) is 9.59 Å². The van der Waals surface area contributed by atoms with Gasteiger partial charge in [0.1, 0.15) is 5.69 Å². The predicted octanol–water partition coefficient (Wildman–Crippen LogP) is 0.354. The number of pyridine rings is 1. The second-order valence-corrected chi connectivity index (χ2v) is 3.72. The fraction of sp³-hybridized carbons (Fsp3) is 0.250. The molecule has 0 spiro atoms. The molecule has 0 aliphatic carbocycles. The number of nitrogens with one attached hydrogen (secondary N) is 1. The number of carbonyl (C=O) groups is 1. The highest BCUT2D eigenvalue weighted by molar-refractivity contribution is 9.10. The van der Waals surface area contributed by atoms with Crippen molar-refractivity contribution in [2.75, 3.05) is 6.54 Å². The van der Waals surface area contributed by atoms with Gasteiger partial charge in [-0.05, 0) is 6.07 Å². The van der Waals surface area contributed by atoms with E-state index in [0.29, 0.717) is 23.3 Å². The van der Waals surface area contributed by atoms with E-state index in [-0.39, 0.29) is 11.5 Å². The Hall–Kier alpha value is -1.10. The van der Waals surface area contributed by atoms with Crippen LogP contribution in [0.25, 0.3) is 0 Å². The van der Waals surface area contributed by atoms with Gasteiger partial charge in [-0.15, -0.1) is 0 Å². The second kappa shape index (κ2) is 2.99. The lowest BCUT2D eigenvalue weighted by atomic mass is 10.2. The maximum Gasteiger partial charge on any atom is 0.268 e. The van der Waals surface area contributed by atoms with Gasteiger partial charge in [-0.3, -0.25) is 9.59 Å². The molecule has 5 heteroatoms. The van der Waals surface area contributed by atoms with Gasteiger partial charge >= 0.3 is 0 Å². The number of aromatic nitrogens is 1. The Morgan fingerprint density at radius 3 is 2.92 bits per heavy atom. The van der Waals surface area contributed by atoms with Gasteiger partial charge < -0.3 is 9.88 Å². The number of hydrogen-bond donors (Lipinski definition) is 1. The minimum Gasteiger partial charge on any atom is -0.349 e. The van der Waals surface area contributed by atoms with Crippen LogP contribution in [-0.2, 0) is 6.54 Å². The molecule has 2 rings (SSSR count). The minimum atomic E-state index is -0.190. The van der Waals surface area contributed by atoms with E-state index < -0.39 is 0 Å². The van der Waals surface area contributed by atoms with Crippen LogP contribution < -0.4 is 10.9 Å². The van der Waals surface area contributed by atoms with Crippen molar-refractivity contribution in [1.82, 2.24) is 9.88 Å². The summed E-state index contributed by atoms with van der Waals surface area (Å²) in [4.78, 5) is 22.7. The van der Waals surface area contributed by atoms with E-state index in [1.807, 2.05) is 0 Å². The van der Waals surface area contributed by atoms with Crippen LogP contribution in [0.2, 0.25) is 0 Å². The van der Waals surface area contributed by atoms with Crippen LogP contribution in [0.4, 0.5) is 0 Å². The lowest BCUT2D eigenvalue weighted by molar-refractivity contribution is 0.0925. The molecule has 68 valence electrons. The normalized spacial score (nSPS) is 15.0. The largest absolute Gasteiger partial charge is 0.349 e. The first-order valence-electron chi connectivity index (χ1n) is 3.87. The summed E-state index contributed by atoms with van der Waals surface area (Å²) in [6, 6.07) is 3.11. The molecular formula is C8H7BrN2O2. The third-order valence-electron chi connectivity index (χ3n) is 1.95. The van der Waals surface area contributed by atoms with E-state index in [4.69, 9.17) is 0 Å². The van der Waals surface area contributed by atoms with Crippen molar-refractivity contribution >= 4 is 21.8 Å². The van der Waals surface area contributed by atoms with Crippen LogP contribution in [0, 0.1) is 0 Å². The van der Waals surface area contributed by atoms with Crippen molar-refractivity contribution in [3.8, 4) is 0 Å². The molecule has 0 saturated carbocycles. The van der Waals surface area contributed by atoms with Crippen LogP contribution in [0.3, 0.4) is 0 Å². The maximum atomic E-state index is 11.4. The number of rotatable bonds is 0. The lowest BCUT2D eigenvalue weighted by Crippen LogP contribution is -2.40. The summed E-state index contributed by atoms with van der Waals surface area (Å²) in [7, 11) is 0. The molecular weight excluding hydrogens is 236 g/mol. The third-order valence-corrected chi connectivity index (χ3v) is 2.40. The SMILES string of the molecule is O=C1NCCn2c1cc(Br)cc2=O. The van der Waals surface area contributed by atoms with Gasteiger partial charge in [-0.1, -0.05) is 15.9 Å². The number of halogens is 1. The molecule has 0 atom stereocenters. The Morgan fingerprint density at radius 1 is 1.38 bits per heavy atom. The predicted molar refractivity (Wildman–Crippen MR) is 50.7 cm³/mol. The second-order valence-electron chi connectivity index (χ2n) is 2.80. The molecule has 0 radical (unpaired) electrons. The average Bonchev–Trinajstić information content (AvgIpc) is 2.07. The van der Waals surface area contributed by atoms with Crippen molar-refractivity contribution < 1.29 is 4.79 Å². The Labute approximate surface area is 82.7 Å². The third kappa shape index (κ3) is 1.39. The number of fused-ring (bicyclic) bond motifs is 1. The van der Waals surface area contributed by atoms with Crippen LogP contribution in [0.1, 0.15) is 10.5 Å². The summed E-state index contributed by atoms with van der Waals surface area (Å²) in [6.45, 7) is 1.07. The highest BCUT2D eigenvalue weighted by Gasteiger charge is 2.17. The van der Waals surface area contributed by atoms with Crippen LogP contribution in [0.5, 0.6) is 0 Å². The molecule has 1 aliphatic heterocycles. The molecule has 1 aliphatic rings. The molecule has 1 aromatic rings. The molecule has 0 fully saturated rings. The highest BCUT2D eigenvalue weighted by Crippen LogP contribution is 2.10. The first-order chi connectivity index (χ1) is 6.18. The monoisotopic (exact) mass is 242 g/mol. The number of hydrogen-bond acceptors (Lipinski definition) is 2. The average molecular weight is 243 g/mol. The quantitative estimate of drug-likeness (QED) is 0.715. The zero-order chi connectivity index (χ0) is 9.42. The van der Waals surface area contributed by atoms with Gasteiger partial charge in [-0.2, -0.15) is 0 Å². The zero-order valence-electron chi connectivity index (χ0n) is 6.71. The minimum absolute atomic E-state index is 0.140. The van der Waals surface area contributed by atoms with Crippen molar-refractivity contribution in [2.45, 2.75) is 6.54 Å². The molecule has 1 amide bonds. The van der Waals surface area contributed by atoms with E-state index in [2.05, 4.69) is 21.2 Å². The topological polar surface area (TPSA) is 51.1 Å². The molecule has 0 aromatic carbocycles. The summed E-state index contributed by atoms with van der Waals surface area (Å²) >= 11 is 3.18. The zero-order valence-corrected chi connectivity index (χ0v) is 8.30. The van der Waals surface area contributed by atoms with Crippen LogP contribution >= 0.6 is 15.9 Å². The first kappa shape index (κ1) is 8.50. The molecule has 4 nitrogen and oxygen atoms in total. The summed E-state index contributed by atoms with van der Waals surface area (Å²) in [6.07, 6.45) is 0. The van der Waals surface area contributed by atoms with Crippen LogP contribution in [0.15, 0.2) is 21.4 Å². The van der Waals surface area contributed by atoms with Crippen molar-refractivity contribution in [3.63, 3.8) is 0 Å². The maximum absolute atomic E-state index is 11.4. The Bertz CT molecular complexity index is 425. The van der Waals surface area contributed by atoms with Crippen molar-refractivity contribution in [3.05, 3.63) is 32.7 Å². The van der Waals surface area contributed by atoms with E-state index in [1.54, 1.807) is 6.07 Å². The van der Waals surface area contributed by atoms with Crippen molar-refractivity contribution in [1.29, 1.82) is 0 Å². The van der Waals surface area contributed by atoms with E-state index in [1.165, 1.54) is 10.6 Å². The number of carbonyl (C=O) groups excluding carboxylic acids is 1. The molecule has 13 heavy (non-hydrogen) atoms. The Balaban J connectivity index is 2.70. The van der Waals surface area contributed by atoms with Gasteiger partial charge in [0.25, 0.3) is 11.5 Å². The lowest BCUT2D eigenvalue weighted by Gasteiger charge is -2.18. The summed E-state index contributed by atoms with van der Waals surface area (Å²) < 4.78 is 2.12. The Morgan fingerprint density at radius 2 is 2.15 bits per heavy atom. The van der Waals surface area contributed by atoms with E-state index in [0.717, 1.165) is 0 Å². The molecule has 0 unspecified atom stereocenters. The molecule has 0 bridgehead atoms. The first-order valence-corrected chi connectivity index (χ1v) is 4.66. The molecule has 2 heterocycles.